The summed E-state index contributed by atoms with van der Waals surface area (Å²) in [6.45, 7) is 18.7. The SMILES string of the molecule is Cc1ccc(P(C(C)(C)C)C(C)(C)C)cc1C. The first-order chi connectivity index (χ1) is 7.53. The molecule has 0 fully saturated rings. The van der Waals surface area contributed by atoms with Crippen LogP contribution in [-0.4, -0.2) is 10.3 Å². The molecule has 96 valence electrons. The van der Waals surface area contributed by atoms with Crippen molar-refractivity contribution >= 4 is 13.2 Å². The van der Waals surface area contributed by atoms with E-state index in [1.165, 1.54) is 11.1 Å². The Morgan fingerprint density at radius 1 is 0.765 bits per heavy atom. The summed E-state index contributed by atoms with van der Waals surface area (Å²) in [5, 5.41) is 2.26. The van der Waals surface area contributed by atoms with Crippen LogP contribution in [0.15, 0.2) is 18.2 Å². The van der Waals surface area contributed by atoms with E-state index in [1.807, 2.05) is 0 Å². The molecule has 1 aromatic rings. The maximum absolute atomic E-state index is 2.40. The highest BCUT2D eigenvalue weighted by atomic mass is 31.1. The molecule has 0 radical (unpaired) electrons. The van der Waals surface area contributed by atoms with Crippen LogP contribution in [0.25, 0.3) is 0 Å². The van der Waals surface area contributed by atoms with Gasteiger partial charge in [-0.05, 0) is 40.6 Å². The van der Waals surface area contributed by atoms with Crippen molar-refractivity contribution in [1.29, 1.82) is 0 Å². The summed E-state index contributed by atoms with van der Waals surface area (Å²) in [5.74, 6) is 0. The van der Waals surface area contributed by atoms with E-state index in [0.29, 0.717) is 10.3 Å². The van der Waals surface area contributed by atoms with Crippen molar-refractivity contribution in [3.05, 3.63) is 29.3 Å². The zero-order valence-electron chi connectivity index (χ0n) is 12.7. The molecule has 0 N–H and O–H groups in total. The Bertz CT molecular complexity index is 377. The molecule has 1 heteroatoms. The van der Waals surface area contributed by atoms with E-state index in [-0.39, 0.29) is 7.92 Å². The average Bonchev–Trinajstić information content (AvgIpc) is 2.06. The Morgan fingerprint density at radius 3 is 1.59 bits per heavy atom. The predicted octanol–water partition coefficient (Wildman–Crippen LogP) is 5.01. The van der Waals surface area contributed by atoms with Crippen molar-refractivity contribution < 1.29 is 0 Å². The minimum atomic E-state index is -0.166. The summed E-state index contributed by atoms with van der Waals surface area (Å²) in [7, 11) is -0.166. The van der Waals surface area contributed by atoms with E-state index in [2.05, 4.69) is 73.6 Å². The molecule has 0 spiro atoms. The molecule has 1 aromatic carbocycles. The van der Waals surface area contributed by atoms with E-state index in [1.54, 1.807) is 5.30 Å². The molecule has 17 heavy (non-hydrogen) atoms. The zero-order valence-corrected chi connectivity index (χ0v) is 13.6. The van der Waals surface area contributed by atoms with Crippen molar-refractivity contribution in [1.82, 2.24) is 0 Å². The first kappa shape index (κ1) is 14.7. The van der Waals surface area contributed by atoms with E-state index in [4.69, 9.17) is 0 Å². The largest absolute Gasteiger partial charge is 0.0643 e. The first-order valence-corrected chi connectivity index (χ1v) is 7.75. The monoisotopic (exact) mass is 250 g/mol. The van der Waals surface area contributed by atoms with Crippen LogP contribution in [0.5, 0.6) is 0 Å². The predicted molar refractivity (Wildman–Crippen MR) is 82.0 cm³/mol. The lowest BCUT2D eigenvalue weighted by atomic mass is 10.1. The maximum atomic E-state index is 2.40. The van der Waals surface area contributed by atoms with Gasteiger partial charge in [-0.3, -0.25) is 0 Å². The van der Waals surface area contributed by atoms with Gasteiger partial charge in [-0.1, -0.05) is 67.7 Å². The molecular formula is C16H27P. The quantitative estimate of drug-likeness (QED) is 0.615. The van der Waals surface area contributed by atoms with Gasteiger partial charge in [-0.2, -0.15) is 0 Å². The highest BCUT2D eigenvalue weighted by Crippen LogP contribution is 2.58. The number of benzene rings is 1. The number of aryl methyl sites for hydroxylation is 2. The molecule has 0 aliphatic heterocycles. The van der Waals surface area contributed by atoms with Crippen LogP contribution in [-0.2, 0) is 0 Å². The van der Waals surface area contributed by atoms with Gasteiger partial charge in [0.2, 0.25) is 0 Å². The highest BCUT2D eigenvalue weighted by Gasteiger charge is 2.35. The molecule has 0 atom stereocenters. The number of hydrogen-bond acceptors (Lipinski definition) is 0. The van der Waals surface area contributed by atoms with E-state index < -0.39 is 0 Å². The average molecular weight is 250 g/mol. The molecule has 0 aliphatic carbocycles. The van der Waals surface area contributed by atoms with Gasteiger partial charge < -0.3 is 0 Å². The van der Waals surface area contributed by atoms with Crippen LogP contribution in [0.2, 0.25) is 0 Å². The van der Waals surface area contributed by atoms with E-state index >= 15 is 0 Å². The third-order valence-electron chi connectivity index (χ3n) is 3.09. The van der Waals surface area contributed by atoms with Gasteiger partial charge in [0.15, 0.2) is 0 Å². The van der Waals surface area contributed by atoms with Crippen LogP contribution >= 0.6 is 7.92 Å². The third-order valence-corrected chi connectivity index (χ3v) is 6.57. The summed E-state index contributed by atoms with van der Waals surface area (Å²) in [6.07, 6.45) is 0. The summed E-state index contributed by atoms with van der Waals surface area (Å²) in [5.41, 5.74) is 2.81. The molecule has 0 heterocycles. The smallest absolute Gasteiger partial charge is 0.0134 e. The van der Waals surface area contributed by atoms with Crippen LogP contribution in [0.1, 0.15) is 52.7 Å². The molecule has 0 bridgehead atoms. The van der Waals surface area contributed by atoms with Crippen molar-refractivity contribution in [2.24, 2.45) is 0 Å². The van der Waals surface area contributed by atoms with Gasteiger partial charge in [0.1, 0.15) is 0 Å². The minimum absolute atomic E-state index is 0.166. The summed E-state index contributed by atoms with van der Waals surface area (Å²) in [4.78, 5) is 0. The van der Waals surface area contributed by atoms with Crippen molar-refractivity contribution in [3.63, 3.8) is 0 Å². The van der Waals surface area contributed by atoms with E-state index in [9.17, 15) is 0 Å². The van der Waals surface area contributed by atoms with Gasteiger partial charge >= 0.3 is 0 Å². The number of rotatable bonds is 1. The minimum Gasteiger partial charge on any atom is -0.0643 e. The molecule has 0 amide bonds. The normalized spacial score (nSPS) is 13.2. The Hall–Kier alpha value is -0.350. The van der Waals surface area contributed by atoms with Crippen LogP contribution in [0, 0.1) is 13.8 Å². The topological polar surface area (TPSA) is 0 Å². The number of hydrogen-bond donors (Lipinski definition) is 0. The van der Waals surface area contributed by atoms with Crippen molar-refractivity contribution in [2.45, 2.75) is 65.7 Å². The Balaban J connectivity index is 3.29. The molecular weight excluding hydrogens is 223 g/mol. The van der Waals surface area contributed by atoms with Gasteiger partial charge in [-0.15, -0.1) is 0 Å². The lowest BCUT2D eigenvalue weighted by Gasteiger charge is -2.42. The van der Waals surface area contributed by atoms with E-state index in [0.717, 1.165) is 0 Å². The van der Waals surface area contributed by atoms with Gasteiger partial charge in [0, 0.05) is 0 Å². The lowest BCUT2D eigenvalue weighted by molar-refractivity contribution is 0.715. The fraction of sp³-hybridized carbons (Fsp3) is 0.625. The molecule has 0 saturated heterocycles. The van der Waals surface area contributed by atoms with Crippen LogP contribution in [0.3, 0.4) is 0 Å². The standard InChI is InChI=1S/C16H27P/c1-12-9-10-14(11-13(12)2)17(15(3,4)5)16(6,7)8/h9-11H,1-8H3. The molecule has 0 aliphatic rings. The second kappa shape index (κ2) is 4.73. The Labute approximate surface area is 109 Å². The Kier molecular flexibility index (Phi) is 4.09. The van der Waals surface area contributed by atoms with Gasteiger partial charge in [0.25, 0.3) is 0 Å². The second-order valence-electron chi connectivity index (χ2n) is 6.95. The summed E-state index contributed by atoms with van der Waals surface area (Å²) in [6, 6.07) is 7.01. The molecule has 0 saturated carbocycles. The summed E-state index contributed by atoms with van der Waals surface area (Å²) >= 11 is 0. The maximum Gasteiger partial charge on any atom is -0.0134 e. The van der Waals surface area contributed by atoms with Crippen molar-refractivity contribution in [2.75, 3.05) is 0 Å². The van der Waals surface area contributed by atoms with Crippen molar-refractivity contribution in [3.8, 4) is 0 Å². The first-order valence-electron chi connectivity index (χ1n) is 6.41. The lowest BCUT2D eigenvalue weighted by Crippen LogP contribution is -2.31. The third kappa shape index (κ3) is 3.55. The fourth-order valence-electron chi connectivity index (χ4n) is 2.65. The second-order valence-corrected chi connectivity index (χ2v) is 10.8. The van der Waals surface area contributed by atoms with Crippen LogP contribution in [0.4, 0.5) is 0 Å². The Morgan fingerprint density at radius 2 is 1.24 bits per heavy atom. The fourth-order valence-corrected chi connectivity index (χ4v) is 6.75. The molecule has 0 nitrogen and oxygen atoms in total. The zero-order chi connectivity index (χ0) is 13.4. The summed E-state index contributed by atoms with van der Waals surface area (Å²) < 4.78 is 0. The highest BCUT2D eigenvalue weighted by molar-refractivity contribution is 7.68. The van der Waals surface area contributed by atoms with Gasteiger partial charge in [-0.25, -0.2) is 0 Å². The van der Waals surface area contributed by atoms with Gasteiger partial charge in [0.05, 0.1) is 0 Å². The molecule has 0 unspecified atom stereocenters. The molecule has 0 aromatic heterocycles. The molecule has 1 rings (SSSR count). The van der Waals surface area contributed by atoms with Crippen LogP contribution < -0.4 is 5.30 Å².